The SMILES string of the molecule is CCOC(=O)c1ccc(C(C(C)=O)C(=O)OCC)cc1. The van der Waals surface area contributed by atoms with Crippen LogP contribution >= 0.6 is 0 Å². The number of ether oxygens (including phenoxy) is 2. The third kappa shape index (κ3) is 3.91. The Hall–Kier alpha value is -2.17. The number of ketones is 1. The van der Waals surface area contributed by atoms with Crippen LogP contribution in [0.3, 0.4) is 0 Å². The van der Waals surface area contributed by atoms with Gasteiger partial charge in [0.25, 0.3) is 0 Å². The quantitative estimate of drug-likeness (QED) is 0.588. The van der Waals surface area contributed by atoms with Crippen LogP contribution < -0.4 is 0 Å². The van der Waals surface area contributed by atoms with Crippen LogP contribution in [0, 0.1) is 0 Å². The summed E-state index contributed by atoms with van der Waals surface area (Å²) in [6, 6.07) is 6.19. The first-order chi connectivity index (χ1) is 9.51. The second kappa shape index (κ2) is 7.43. The number of hydrogen-bond acceptors (Lipinski definition) is 5. The molecule has 5 nitrogen and oxygen atoms in total. The Morgan fingerprint density at radius 3 is 2.00 bits per heavy atom. The van der Waals surface area contributed by atoms with E-state index in [1.807, 2.05) is 0 Å². The highest BCUT2D eigenvalue weighted by molar-refractivity contribution is 6.03. The van der Waals surface area contributed by atoms with Gasteiger partial charge in [0, 0.05) is 0 Å². The fourth-order valence-electron chi connectivity index (χ4n) is 1.79. The van der Waals surface area contributed by atoms with Gasteiger partial charge in [0.15, 0.2) is 0 Å². The Bertz CT molecular complexity index is 489. The molecule has 0 N–H and O–H groups in total. The minimum Gasteiger partial charge on any atom is -0.465 e. The largest absolute Gasteiger partial charge is 0.465 e. The third-order valence-electron chi connectivity index (χ3n) is 2.68. The molecule has 0 aliphatic carbocycles. The summed E-state index contributed by atoms with van der Waals surface area (Å²) in [6.07, 6.45) is 0. The van der Waals surface area contributed by atoms with Gasteiger partial charge in [-0.2, -0.15) is 0 Å². The summed E-state index contributed by atoms with van der Waals surface area (Å²) in [5.74, 6) is -2.27. The average Bonchev–Trinajstić information content (AvgIpc) is 2.40. The molecule has 0 aliphatic heterocycles. The molecule has 0 saturated heterocycles. The predicted octanol–water partition coefficient (Wildman–Crippen LogP) is 2.10. The van der Waals surface area contributed by atoms with E-state index in [9.17, 15) is 14.4 Å². The Kier molecular flexibility index (Phi) is 5.90. The Morgan fingerprint density at radius 1 is 1.00 bits per heavy atom. The molecule has 1 aromatic rings. The van der Waals surface area contributed by atoms with Gasteiger partial charge < -0.3 is 9.47 Å². The zero-order valence-corrected chi connectivity index (χ0v) is 11.8. The van der Waals surface area contributed by atoms with Crippen molar-refractivity contribution in [3.05, 3.63) is 35.4 Å². The second-order valence-corrected chi connectivity index (χ2v) is 4.14. The molecule has 108 valence electrons. The molecule has 0 amide bonds. The molecule has 1 atom stereocenters. The molecule has 1 unspecified atom stereocenters. The molecular formula is C15H18O5. The zero-order chi connectivity index (χ0) is 15.1. The fraction of sp³-hybridized carbons (Fsp3) is 0.400. The van der Waals surface area contributed by atoms with E-state index in [1.54, 1.807) is 26.0 Å². The molecule has 5 heteroatoms. The summed E-state index contributed by atoms with van der Waals surface area (Å²) in [4.78, 5) is 34.9. The van der Waals surface area contributed by atoms with Crippen molar-refractivity contribution < 1.29 is 23.9 Å². The number of hydrogen-bond donors (Lipinski definition) is 0. The van der Waals surface area contributed by atoms with E-state index in [-0.39, 0.29) is 12.4 Å². The maximum absolute atomic E-state index is 11.8. The van der Waals surface area contributed by atoms with E-state index >= 15 is 0 Å². The molecular weight excluding hydrogens is 260 g/mol. The molecule has 0 saturated carbocycles. The molecule has 0 bridgehead atoms. The van der Waals surface area contributed by atoms with Gasteiger partial charge in [0.1, 0.15) is 11.7 Å². The normalized spacial score (nSPS) is 11.6. The standard InChI is InChI=1S/C15H18O5/c1-4-19-14(17)12-8-6-11(7-9-12)13(10(3)16)15(18)20-5-2/h6-9,13H,4-5H2,1-3H3. The zero-order valence-electron chi connectivity index (χ0n) is 11.8. The Balaban J connectivity index is 2.97. The molecule has 1 rings (SSSR count). The van der Waals surface area contributed by atoms with E-state index in [1.165, 1.54) is 19.1 Å². The van der Waals surface area contributed by atoms with Crippen molar-refractivity contribution in [3.63, 3.8) is 0 Å². The second-order valence-electron chi connectivity index (χ2n) is 4.14. The van der Waals surface area contributed by atoms with E-state index in [4.69, 9.17) is 9.47 Å². The van der Waals surface area contributed by atoms with Crippen LogP contribution in [-0.2, 0) is 19.1 Å². The summed E-state index contributed by atoms with van der Waals surface area (Å²) in [7, 11) is 0. The van der Waals surface area contributed by atoms with Crippen LogP contribution in [0.5, 0.6) is 0 Å². The minimum atomic E-state index is -0.953. The highest BCUT2D eigenvalue weighted by Crippen LogP contribution is 2.20. The smallest absolute Gasteiger partial charge is 0.338 e. The number of carbonyl (C=O) groups excluding carboxylic acids is 3. The van der Waals surface area contributed by atoms with Crippen molar-refractivity contribution >= 4 is 17.7 Å². The number of esters is 2. The third-order valence-corrected chi connectivity index (χ3v) is 2.68. The first kappa shape index (κ1) is 15.9. The van der Waals surface area contributed by atoms with Crippen molar-refractivity contribution in [2.45, 2.75) is 26.7 Å². The highest BCUT2D eigenvalue weighted by Gasteiger charge is 2.26. The summed E-state index contributed by atoms with van der Waals surface area (Å²) in [5.41, 5.74) is 0.880. The van der Waals surface area contributed by atoms with Gasteiger partial charge >= 0.3 is 11.9 Å². The minimum absolute atomic E-state index is 0.212. The molecule has 0 aliphatic rings. The van der Waals surface area contributed by atoms with Crippen molar-refractivity contribution in [2.24, 2.45) is 0 Å². The Labute approximate surface area is 117 Å². The maximum Gasteiger partial charge on any atom is 0.338 e. The number of rotatable bonds is 6. The molecule has 0 heterocycles. The predicted molar refractivity (Wildman–Crippen MR) is 72.5 cm³/mol. The average molecular weight is 278 g/mol. The van der Waals surface area contributed by atoms with Crippen molar-refractivity contribution in [1.29, 1.82) is 0 Å². The summed E-state index contributed by atoms with van der Waals surface area (Å²) < 4.78 is 9.75. The van der Waals surface area contributed by atoms with Crippen LogP contribution in [0.1, 0.15) is 42.6 Å². The maximum atomic E-state index is 11.8. The number of Topliss-reactive ketones (excluding diaryl/α,β-unsaturated/α-hetero) is 1. The van der Waals surface area contributed by atoms with Crippen LogP contribution in [0.2, 0.25) is 0 Å². The number of benzene rings is 1. The molecule has 1 aromatic carbocycles. The van der Waals surface area contributed by atoms with Crippen LogP contribution in [-0.4, -0.2) is 30.9 Å². The summed E-state index contributed by atoms with van der Waals surface area (Å²) in [6.45, 7) is 5.24. The van der Waals surface area contributed by atoms with E-state index < -0.39 is 17.9 Å². The van der Waals surface area contributed by atoms with E-state index in [2.05, 4.69) is 0 Å². The Morgan fingerprint density at radius 2 is 1.55 bits per heavy atom. The van der Waals surface area contributed by atoms with Crippen molar-refractivity contribution in [3.8, 4) is 0 Å². The topological polar surface area (TPSA) is 69.7 Å². The van der Waals surface area contributed by atoms with Crippen LogP contribution in [0.25, 0.3) is 0 Å². The van der Waals surface area contributed by atoms with Crippen molar-refractivity contribution in [1.82, 2.24) is 0 Å². The molecule has 0 fully saturated rings. The fourth-order valence-corrected chi connectivity index (χ4v) is 1.79. The lowest BCUT2D eigenvalue weighted by molar-refractivity contribution is -0.147. The van der Waals surface area contributed by atoms with Crippen LogP contribution in [0.4, 0.5) is 0 Å². The monoisotopic (exact) mass is 278 g/mol. The first-order valence-electron chi connectivity index (χ1n) is 6.45. The van der Waals surface area contributed by atoms with Gasteiger partial charge in [-0.15, -0.1) is 0 Å². The van der Waals surface area contributed by atoms with Gasteiger partial charge in [-0.25, -0.2) is 4.79 Å². The first-order valence-corrected chi connectivity index (χ1v) is 6.45. The summed E-state index contributed by atoms with van der Waals surface area (Å²) in [5, 5.41) is 0. The highest BCUT2D eigenvalue weighted by atomic mass is 16.5. The van der Waals surface area contributed by atoms with Crippen LogP contribution in [0.15, 0.2) is 24.3 Å². The van der Waals surface area contributed by atoms with E-state index in [0.29, 0.717) is 17.7 Å². The molecule has 0 spiro atoms. The molecule has 0 aromatic heterocycles. The van der Waals surface area contributed by atoms with Gasteiger partial charge in [-0.05, 0) is 38.5 Å². The molecule has 0 radical (unpaired) electrons. The lowest BCUT2D eigenvalue weighted by atomic mass is 9.94. The van der Waals surface area contributed by atoms with Gasteiger partial charge in [-0.3, -0.25) is 9.59 Å². The number of carbonyl (C=O) groups is 3. The van der Waals surface area contributed by atoms with Gasteiger partial charge in [-0.1, -0.05) is 12.1 Å². The lowest BCUT2D eigenvalue weighted by Crippen LogP contribution is -2.22. The van der Waals surface area contributed by atoms with E-state index in [0.717, 1.165) is 0 Å². The molecule has 20 heavy (non-hydrogen) atoms. The van der Waals surface area contributed by atoms with Gasteiger partial charge in [0.05, 0.1) is 18.8 Å². The lowest BCUT2D eigenvalue weighted by Gasteiger charge is -2.13. The van der Waals surface area contributed by atoms with Crippen molar-refractivity contribution in [2.75, 3.05) is 13.2 Å². The van der Waals surface area contributed by atoms with Gasteiger partial charge in [0.2, 0.25) is 0 Å². The summed E-state index contributed by atoms with van der Waals surface area (Å²) >= 11 is 0.